The van der Waals surface area contributed by atoms with Crippen molar-refractivity contribution in [3.8, 4) is 0 Å². The van der Waals surface area contributed by atoms with Crippen molar-refractivity contribution < 1.29 is 14.7 Å². The van der Waals surface area contributed by atoms with Crippen LogP contribution in [0.15, 0.2) is 0 Å². The molecule has 0 aromatic heterocycles. The van der Waals surface area contributed by atoms with Crippen LogP contribution in [0.4, 0.5) is 4.79 Å². The predicted octanol–water partition coefficient (Wildman–Crippen LogP) is 0.687. The zero-order valence-corrected chi connectivity index (χ0v) is 12.4. The van der Waals surface area contributed by atoms with E-state index in [0.29, 0.717) is 25.0 Å². The molecule has 1 aliphatic rings. The molecule has 1 fully saturated rings. The third kappa shape index (κ3) is 3.83. The van der Waals surface area contributed by atoms with E-state index in [4.69, 9.17) is 5.11 Å². The van der Waals surface area contributed by atoms with Gasteiger partial charge in [0, 0.05) is 19.1 Å². The highest BCUT2D eigenvalue weighted by Gasteiger charge is 2.35. The molecule has 0 aromatic rings. The molecule has 110 valence electrons. The van der Waals surface area contributed by atoms with Crippen LogP contribution >= 0.6 is 0 Å². The van der Waals surface area contributed by atoms with Crippen LogP contribution < -0.4 is 5.32 Å². The van der Waals surface area contributed by atoms with Crippen LogP contribution in [0.25, 0.3) is 0 Å². The molecule has 6 heteroatoms. The maximum Gasteiger partial charge on any atom is 0.326 e. The molecule has 0 bridgehead atoms. The number of carbonyl (C=O) groups excluding carboxylic acids is 1. The van der Waals surface area contributed by atoms with Gasteiger partial charge in [0.05, 0.1) is 0 Å². The largest absolute Gasteiger partial charge is 0.480 e. The molecule has 6 nitrogen and oxygen atoms in total. The first-order chi connectivity index (χ1) is 8.73. The van der Waals surface area contributed by atoms with Gasteiger partial charge < -0.3 is 20.2 Å². The summed E-state index contributed by atoms with van der Waals surface area (Å²) in [5.41, 5.74) is 0. The molecule has 0 saturated carbocycles. The summed E-state index contributed by atoms with van der Waals surface area (Å²) in [6, 6.07) is -0.786. The minimum Gasteiger partial charge on any atom is -0.480 e. The Balaban J connectivity index is 2.62. The van der Waals surface area contributed by atoms with Gasteiger partial charge in [0.1, 0.15) is 6.04 Å². The van der Waals surface area contributed by atoms with Crippen molar-refractivity contribution in [2.24, 2.45) is 11.8 Å². The fourth-order valence-electron chi connectivity index (χ4n) is 2.53. The van der Waals surface area contributed by atoms with Gasteiger partial charge in [-0.3, -0.25) is 0 Å². The van der Waals surface area contributed by atoms with Crippen molar-refractivity contribution in [3.05, 3.63) is 0 Å². The first-order valence-corrected chi connectivity index (χ1v) is 6.68. The molecule has 0 aromatic carbocycles. The SMILES string of the molecule is CC(C)C(NC(=O)N1CC(C)C(N(C)C)C1)C(=O)O. The van der Waals surface area contributed by atoms with E-state index in [0.717, 1.165) is 0 Å². The summed E-state index contributed by atoms with van der Waals surface area (Å²) >= 11 is 0. The van der Waals surface area contributed by atoms with Crippen molar-refractivity contribution in [2.45, 2.75) is 32.9 Å². The van der Waals surface area contributed by atoms with Crippen LogP contribution in [0.1, 0.15) is 20.8 Å². The van der Waals surface area contributed by atoms with Crippen LogP contribution in [-0.4, -0.2) is 66.2 Å². The number of likely N-dealkylation sites (tertiary alicyclic amines) is 1. The lowest BCUT2D eigenvalue weighted by Gasteiger charge is -2.24. The Labute approximate surface area is 114 Å². The summed E-state index contributed by atoms with van der Waals surface area (Å²) in [5.74, 6) is -0.728. The number of hydrogen-bond acceptors (Lipinski definition) is 3. The quantitative estimate of drug-likeness (QED) is 0.789. The molecular formula is C13H25N3O3. The van der Waals surface area contributed by atoms with Gasteiger partial charge in [0.25, 0.3) is 0 Å². The van der Waals surface area contributed by atoms with Gasteiger partial charge >= 0.3 is 12.0 Å². The second-order valence-electron chi connectivity index (χ2n) is 5.92. The Hall–Kier alpha value is -1.30. The van der Waals surface area contributed by atoms with E-state index in [2.05, 4.69) is 17.1 Å². The molecule has 1 saturated heterocycles. The number of carboxylic acid groups (broad SMARTS) is 1. The van der Waals surface area contributed by atoms with E-state index >= 15 is 0 Å². The summed E-state index contributed by atoms with van der Waals surface area (Å²) in [5, 5.41) is 11.7. The van der Waals surface area contributed by atoms with Crippen molar-refractivity contribution in [1.82, 2.24) is 15.1 Å². The number of aliphatic carboxylic acids is 1. The average Bonchev–Trinajstić information content (AvgIpc) is 2.67. The van der Waals surface area contributed by atoms with E-state index in [-0.39, 0.29) is 11.9 Å². The molecule has 2 amide bonds. The number of nitrogens with zero attached hydrogens (tertiary/aromatic N) is 2. The summed E-state index contributed by atoms with van der Waals surface area (Å²) in [7, 11) is 3.99. The van der Waals surface area contributed by atoms with Gasteiger partial charge in [-0.15, -0.1) is 0 Å². The van der Waals surface area contributed by atoms with Crippen LogP contribution in [-0.2, 0) is 4.79 Å². The van der Waals surface area contributed by atoms with Crippen LogP contribution in [0, 0.1) is 11.8 Å². The summed E-state index contributed by atoms with van der Waals surface area (Å²) in [4.78, 5) is 27.0. The van der Waals surface area contributed by atoms with Gasteiger partial charge in [-0.2, -0.15) is 0 Å². The van der Waals surface area contributed by atoms with Crippen LogP contribution in [0.2, 0.25) is 0 Å². The molecule has 1 heterocycles. The van der Waals surface area contributed by atoms with Crippen molar-refractivity contribution >= 4 is 12.0 Å². The second kappa shape index (κ2) is 6.23. The number of hydrogen-bond donors (Lipinski definition) is 2. The van der Waals surface area contributed by atoms with E-state index in [1.54, 1.807) is 18.7 Å². The fourth-order valence-corrected chi connectivity index (χ4v) is 2.53. The first kappa shape index (κ1) is 15.8. The van der Waals surface area contributed by atoms with E-state index in [1.165, 1.54) is 0 Å². The van der Waals surface area contributed by atoms with Crippen molar-refractivity contribution in [2.75, 3.05) is 27.2 Å². The third-order valence-electron chi connectivity index (χ3n) is 3.73. The number of likely N-dealkylation sites (N-methyl/N-ethyl adjacent to an activating group) is 1. The zero-order chi connectivity index (χ0) is 14.7. The monoisotopic (exact) mass is 271 g/mol. The van der Waals surface area contributed by atoms with Crippen LogP contribution in [0.5, 0.6) is 0 Å². The lowest BCUT2D eigenvalue weighted by Crippen LogP contribution is -2.50. The number of rotatable bonds is 4. The predicted molar refractivity (Wildman–Crippen MR) is 73.0 cm³/mol. The highest BCUT2D eigenvalue weighted by molar-refractivity contribution is 5.83. The minimum absolute atomic E-state index is 0.133. The Morgan fingerprint density at radius 2 is 1.89 bits per heavy atom. The maximum absolute atomic E-state index is 12.1. The van der Waals surface area contributed by atoms with E-state index < -0.39 is 12.0 Å². The molecule has 3 atom stereocenters. The van der Waals surface area contributed by atoms with Gasteiger partial charge in [-0.05, 0) is 25.9 Å². The number of nitrogens with one attached hydrogen (secondary N) is 1. The maximum atomic E-state index is 12.1. The minimum atomic E-state index is -0.986. The molecule has 19 heavy (non-hydrogen) atoms. The molecule has 1 aliphatic heterocycles. The molecule has 0 spiro atoms. The zero-order valence-electron chi connectivity index (χ0n) is 12.4. The highest BCUT2D eigenvalue weighted by atomic mass is 16.4. The molecular weight excluding hydrogens is 246 g/mol. The van der Waals surface area contributed by atoms with E-state index in [1.807, 2.05) is 14.1 Å². The number of urea groups is 1. The van der Waals surface area contributed by atoms with Gasteiger partial charge in [-0.1, -0.05) is 20.8 Å². The number of carboxylic acids is 1. The molecule has 0 radical (unpaired) electrons. The normalized spacial score (nSPS) is 24.9. The third-order valence-corrected chi connectivity index (χ3v) is 3.73. The highest BCUT2D eigenvalue weighted by Crippen LogP contribution is 2.20. The Morgan fingerprint density at radius 3 is 2.26 bits per heavy atom. The summed E-state index contributed by atoms with van der Waals surface area (Å²) in [6.07, 6.45) is 0. The molecule has 3 unspecified atom stereocenters. The second-order valence-corrected chi connectivity index (χ2v) is 5.92. The number of carbonyl (C=O) groups is 2. The average molecular weight is 271 g/mol. The van der Waals surface area contributed by atoms with E-state index in [9.17, 15) is 9.59 Å². The summed E-state index contributed by atoms with van der Waals surface area (Å²) < 4.78 is 0. The smallest absolute Gasteiger partial charge is 0.326 e. The number of amides is 2. The lowest BCUT2D eigenvalue weighted by atomic mass is 10.1. The van der Waals surface area contributed by atoms with Crippen molar-refractivity contribution in [1.29, 1.82) is 0 Å². The fraction of sp³-hybridized carbons (Fsp3) is 0.846. The van der Waals surface area contributed by atoms with Crippen LogP contribution in [0.3, 0.4) is 0 Å². The first-order valence-electron chi connectivity index (χ1n) is 6.68. The van der Waals surface area contributed by atoms with Gasteiger partial charge in [0.15, 0.2) is 0 Å². The Kier molecular flexibility index (Phi) is 5.17. The Morgan fingerprint density at radius 1 is 1.32 bits per heavy atom. The van der Waals surface area contributed by atoms with Gasteiger partial charge in [0.2, 0.25) is 0 Å². The summed E-state index contributed by atoms with van der Waals surface area (Å²) in [6.45, 7) is 6.99. The molecule has 0 aliphatic carbocycles. The topological polar surface area (TPSA) is 72.9 Å². The van der Waals surface area contributed by atoms with Crippen molar-refractivity contribution in [3.63, 3.8) is 0 Å². The Bertz CT molecular complexity index is 344. The molecule has 1 rings (SSSR count). The van der Waals surface area contributed by atoms with Gasteiger partial charge in [-0.25, -0.2) is 9.59 Å². The standard InChI is InChI=1S/C13H25N3O3/c1-8(2)11(12(17)18)14-13(19)16-6-9(3)10(7-16)15(4)5/h8-11H,6-7H2,1-5H3,(H,14,19)(H,17,18). The molecule has 2 N–H and O–H groups in total. The lowest BCUT2D eigenvalue weighted by molar-refractivity contribution is -0.140.